The molecule has 0 aliphatic rings. The van der Waals surface area contributed by atoms with Gasteiger partial charge in [0.05, 0.1) is 12.3 Å². The molecule has 0 aliphatic carbocycles. The first-order valence-electron chi connectivity index (χ1n) is 8.19. The summed E-state index contributed by atoms with van der Waals surface area (Å²) in [5, 5.41) is 18.0. The van der Waals surface area contributed by atoms with Gasteiger partial charge >= 0.3 is 0 Å². The predicted octanol–water partition coefficient (Wildman–Crippen LogP) is 3.10. The van der Waals surface area contributed by atoms with Crippen molar-refractivity contribution < 1.29 is 9.50 Å². The van der Waals surface area contributed by atoms with E-state index < -0.39 is 6.10 Å². The average Bonchev–Trinajstić information content (AvgIpc) is 3.02. The minimum Gasteiger partial charge on any atom is -0.387 e. The lowest BCUT2D eigenvalue weighted by Gasteiger charge is -2.17. The first kappa shape index (κ1) is 17.3. The lowest BCUT2D eigenvalue weighted by molar-refractivity contribution is 0.170. The highest BCUT2D eigenvalue weighted by Crippen LogP contribution is 2.20. The van der Waals surface area contributed by atoms with Crippen LogP contribution in [0.2, 0.25) is 0 Å². The molecule has 2 atom stereocenters. The number of hydrogen-bond acceptors (Lipinski definition) is 4. The highest BCUT2D eigenvalue weighted by atomic mass is 19.1. The zero-order chi connectivity index (χ0) is 17.8. The maximum Gasteiger partial charge on any atom is 0.153 e. The van der Waals surface area contributed by atoms with Gasteiger partial charge < -0.3 is 10.4 Å². The molecule has 2 N–H and O–H groups in total. The van der Waals surface area contributed by atoms with Crippen molar-refractivity contribution in [3.63, 3.8) is 0 Å². The Balaban J connectivity index is 1.66. The molecule has 0 amide bonds. The predicted molar refractivity (Wildman–Crippen MR) is 93.9 cm³/mol. The van der Waals surface area contributed by atoms with Crippen molar-refractivity contribution in [2.75, 3.05) is 6.54 Å². The van der Waals surface area contributed by atoms with Crippen molar-refractivity contribution in [2.45, 2.75) is 26.0 Å². The van der Waals surface area contributed by atoms with Crippen LogP contribution in [0.3, 0.4) is 0 Å². The quantitative estimate of drug-likeness (QED) is 0.724. The second kappa shape index (κ2) is 7.55. The smallest absolute Gasteiger partial charge is 0.153 e. The number of aromatic nitrogens is 3. The molecule has 2 heterocycles. The zero-order valence-corrected chi connectivity index (χ0v) is 14.2. The summed E-state index contributed by atoms with van der Waals surface area (Å²) in [6, 6.07) is 11.6. The number of nitrogens with zero attached hydrogens (tertiary/aromatic N) is 3. The summed E-state index contributed by atoms with van der Waals surface area (Å²) in [5.41, 5.74) is 2.72. The van der Waals surface area contributed by atoms with Crippen molar-refractivity contribution >= 4 is 0 Å². The molecule has 0 radical (unpaired) electrons. The zero-order valence-electron chi connectivity index (χ0n) is 14.2. The third-order valence-electron chi connectivity index (χ3n) is 4.25. The third kappa shape index (κ3) is 3.92. The number of rotatable bonds is 6. The van der Waals surface area contributed by atoms with Gasteiger partial charge in [0.25, 0.3) is 0 Å². The molecule has 0 aliphatic heterocycles. The number of hydrogen-bond donors (Lipinski definition) is 2. The van der Waals surface area contributed by atoms with E-state index in [4.69, 9.17) is 0 Å². The Bertz CT molecular complexity index is 817. The molecular formula is C19H21FN4O. The van der Waals surface area contributed by atoms with E-state index in [0.717, 1.165) is 17.1 Å². The molecule has 0 spiro atoms. The molecule has 3 rings (SSSR count). The molecule has 2 aromatic heterocycles. The summed E-state index contributed by atoms with van der Waals surface area (Å²) >= 11 is 0. The highest BCUT2D eigenvalue weighted by molar-refractivity contribution is 5.29. The van der Waals surface area contributed by atoms with Gasteiger partial charge in [0, 0.05) is 30.0 Å². The van der Waals surface area contributed by atoms with Crippen molar-refractivity contribution in [1.29, 1.82) is 0 Å². The number of nitrogens with one attached hydrogen (secondary N) is 1. The molecule has 0 fully saturated rings. The standard InChI is InChI=1S/C19H21FN4O/c1-13(22-12-18(25)15-6-8-16(20)9-7-15)17-11-23-24(14(17)2)19-5-3-4-10-21-19/h3-11,13,18,22,25H,12H2,1-2H3. The van der Waals surface area contributed by atoms with Gasteiger partial charge in [-0.2, -0.15) is 5.10 Å². The lowest BCUT2D eigenvalue weighted by Crippen LogP contribution is -2.25. The third-order valence-corrected chi connectivity index (χ3v) is 4.25. The Hall–Kier alpha value is -2.57. The summed E-state index contributed by atoms with van der Waals surface area (Å²) in [5.74, 6) is 0.458. The summed E-state index contributed by atoms with van der Waals surface area (Å²) < 4.78 is 14.8. The summed E-state index contributed by atoms with van der Waals surface area (Å²) in [4.78, 5) is 4.31. The fourth-order valence-corrected chi connectivity index (χ4v) is 2.76. The number of halogens is 1. The normalized spacial score (nSPS) is 13.6. The summed E-state index contributed by atoms with van der Waals surface area (Å²) in [6.07, 6.45) is 2.84. The molecule has 6 heteroatoms. The molecule has 0 saturated carbocycles. The first-order chi connectivity index (χ1) is 12.1. The molecular weight excluding hydrogens is 319 g/mol. The van der Waals surface area contributed by atoms with Crippen molar-refractivity contribution in [1.82, 2.24) is 20.1 Å². The Morgan fingerprint density at radius 1 is 1.20 bits per heavy atom. The number of benzene rings is 1. The summed E-state index contributed by atoms with van der Waals surface area (Å²) in [7, 11) is 0. The van der Waals surface area contributed by atoms with Crippen molar-refractivity contribution in [2.24, 2.45) is 0 Å². The van der Waals surface area contributed by atoms with E-state index in [1.807, 2.05) is 38.2 Å². The van der Waals surface area contributed by atoms with E-state index in [2.05, 4.69) is 15.4 Å². The van der Waals surface area contributed by atoms with Crippen LogP contribution in [0.1, 0.15) is 35.9 Å². The molecule has 3 aromatic rings. The second-order valence-corrected chi connectivity index (χ2v) is 5.98. The van der Waals surface area contributed by atoms with E-state index in [-0.39, 0.29) is 11.9 Å². The Morgan fingerprint density at radius 3 is 2.64 bits per heavy atom. The van der Waals surface area contributed by atoms with Crippen LogP contribution in [0.5, 0.6) is 0 Å². The van der Waals surface area contributed by atoms with Crippen LogP contribution >= 0.6 is 0 Å². The van der Waals surface area contributed by atoms with Crippen LogP contribution in [0.4, 0.5) is 4.39 Å². The van der Waals surface area contributed by atoms with Gasteiger partial charge in [0.15, 0.2) is 5.82 Å². The topological polar surface area (TPSA) is 63.0 Å². The number of aliphatic hydroxyl groups is 1. The van der Waals surface area contributed by atoms with Gasteiger partial charge in [-0.15, -0.1) is 0 Å². The van der Waals surface area contributed by atoms with E-state index in [1.165, 1.54) is 12.1 Å². The molecule has 2 unspecified atom stereocenters. The largest absolute Gasteiger partial charge is 0.387 e. The maximum absolute atomic E-state index is 13.0. The molecule has 0 saturated heterocycles. The fraction of sp³-hybridized carbons (Fsp3) is 0.263. The van der Waals surface area contributed by atoms with Gasteiger partial charge in [0.2, 0.25) is 0 Å². The fourth-order valence-electron chi connectivity index (χ4n) is 2.76. The summed E-state index contributed by atoms with van der Waals surface area (Å²) in [6.45, 7) is 4.37. The first-order valence-corrected chi connectivity index (χ1v) is 8.19. The minimum absolute atomic E-state index is 0.00700. The van der Waals surface area contributed by atoms with Gasteiger partial charge in [-0.3, -0.25) is 0 Å². The second-order valence-electron chi connectivity index (χ2n) is 5.98. The Kier molecular flexibility index (Phi) is 5.21. The van der Waals surface area contributed by atoms with Crippen LogP contribution in [-0.2, 0) is 0 Å². The van der Waals surface area contributed by atoms with E-state index in [1.54, 1.807) is 23.0 Å². The average molecular weight is 340 g/mol. The van der Waals surface area contributed by atoms with Crippen molar-refractivity contribution in [3.8, 4) is 5.82 Å². The van der Waals surface area contributed by atoms with E-state index >= 15 is 0 Å². The molecule has 0 bridgehead atoms. The van der Waals surface area contributed by atoms with Crippen LogP contribution in [0.15, 0.2) is 54.9 Å². The van der Waals surface area contributed by atoms with E-state index in [9.17, 15) is 9.50 Å². The molecule has 5 nitrogen and oxygen atoms in total. The van der Waals surface area contributed by atoms with Gasteiger partial charge in [-0.05, 0) is 43.7 Å². The van der Waals surface area contributed by atoms with Gasteiger partial charge in [0.1, 0.15) is 5.82 Å². The number of aliphatic hydroxyl groups excluding tert-OH is 1. The van der Waals surface area contributed by atoms with Crippen molar-refractivity contribution in [3.05, 3.63) is 77.5 Å². The van der Waals surface area contributed by atoms with Crippen LogP contribution in [-0.4, -0.2) is 26.4 Å². The number of pyridine rings is 1. The van der Waals surface area contributed by atoms with E-state index in [0.29, 0.717) is 12.1 Å². The van der Waals surface area contributed by atoms with Gasteiger partial charge in [-0.25, -0.2) is 14.1 Å². The maximum atomic E-state index is 13.0. The molecule has 130 valence electrons. The molecule has 25 heavy (non-hydrogen) atoms. The van der Waals surface area contributed by atoms with Crippen LogP contribution in [0.25, 0.3) is 5.82 Å². The molecule has 1 aromatic carbocycles. The Labute approximate surface area is 146 Å². The van der Waals surface area contributed by atoms with Crippen LogP contribution < -0.4 is 5.32 Å². The monoisotopic (exact) mass is 340 g/mol. The SMILES string of the molecule is Cc1c(C(C)NCC(O)c2ccc(F)cc2)cnn1-c1ccccn1. The lowest BCUT2D eigenvalue weighted by atomic mass is 10.1. The van der Waals surface area contributed by atoms with Crippen LogP contribution in [0, 0.1) is 12.7 Å². The Morgan fingerprint density at radius 2 is 1.96 bits per heavy atom. The highest BCUT2D eigenvalue weighted by Gasteiger charge is 2.16. The minimum atomic E-state index is -0.700. The van der Waals surface area contributed by atoms with Gasteiger partial charge in [-0.1, -0.05) is 18.2 Å².